The highest BCUT2D eigenvalue weighted by molar-refractivity contribution is 6.09. The summed E-state index contributed by atoms with van der Waals surface area (Å²) in [6, 6.07) is 28.0. The SMILES string of the molecule is CCn1c2ccccc2c2cc(/C=N/N=C/c3c(CCC4CO4)ccc4ccccc34)ccc21. The van der Waals surface area contributed by atoms with Gasteiger partial charge in [-0.15, -0.1) is 0 Å². The Morgan fingerprint density at radius 2 is 1.62 bits per heavy atom. The standard InChI is InChI=1S/C30H27N3O/c1-2-33-29-10-6-5-9-26(29)27-17-21(11-16-30(27)33)18-31-32-19-28-23(14-15-24-20-34-24)13-12-22-7-3-4-8-25(22)28/h3-13,16-19,24H,2,14-15,20H2,1H3/b31-18+,32-19+. The summed E-state index contributed by atoms with van der Waals surface area (Å²) >= 11 is 0. The van der Waals surface area contributed by atoms with Crippen molar-refractivity contribution in [3.8, 4) is 0 Å². The number of epoxide rings is 1. The fourth-order valence-corrected chi connectivity index (χ4v) is 4.95. The summed E-state index contributed by atoms with van der Waals surface area (Å²) in [5, 5.41) is 13.8. The lowest BCUT2D eigenvalue weighted by atomic mass is 9.96. The number of hydrogen-bond acceptors (Lipinski definition) is 3. The smallest absolute Gasteiger partial charge is 0.0813 e. The van der Waals surface area contributed by atoms with Gasteiger partial charge in [0.1, 0.15) is 0 Å². The molecule has 0 spiro atoms. The molecule has 34 heavy (non-hydrogen) atoms. The molecule has 0 bridgehead atoms. The molecule has 5 aromatic rings. The molecule has 1 unspecified atom stereocenters. The highest BCUT2D eigenvalue weighted by atomic mass is 16.6. The van der Waals surface area contributed by atoms with Crippen molar-refractivity contribution in [3.63, 3.8) is 0 Å². The molecule has 1 aliphatic rings. The predicted octanol–water partition coefficient (Wildman–Crippen LogP) is 6.75. The third kappa shape index (κ3) is 3.91. The monoisotopic (exact) mass is 445 g/mol. The van der Waals surface area contributed by atoms with Crippen LogP contribution in [0.3, 0.4) is 0 Å². The van der Waals surface area contributed by atoms with E-state index in [0.29, 0.717) is 6.10 Å². The maximum Gasteiger partial charge on any atom is 0.0813 e. The van der Waals surface area contributed by atoms with Crippen molar-refractivity contribution in [3.05, 3.63) is 95.6 Å². The number of aryl methyl sites for hydroxylation is 2. The lowest BCUT2D eigenvalue weighted by Gasteiger charge is -2.09. The zero-order valence-electron chi connectivity index (χ0n) is 19.3. The van der Waals surface area contributed by atoms with Crippen molar-refractivity contribution in [2.75, 3.05) is 6.61 Å². The van der Waals surface area contributed by atoms with Crippen molar-refractivity contribution >= 4 is 45.0 Å². The van der Waals surface area contributed by atoms with Gasteiger partial charge in [0.25, 0.3) is 0 Å². The quantitative estimate of drug-likeness (QED) is 0.155. The van der Waals surface area contributed by atoms with Gasteiger partial charge in [0.2, 0.25) is 0 Å². The van der Waals surface area contributed by atoms with Gasteiger partial charge in [0, 0.05) is 33.9 Å². The highest BCUT2D eigenvalue weighted by Gasteiger charge is 2.22. The summed E-state index contributed by atoms with van der Waals surface area (Å²) in [6.45, 7) is 4.03. The van der Waals surface area contributed by atoms with Gasteiger partial charge in [-0.05, 0) is 59.9 Å². The van der Waals surface area contributed by atoms with E-state index in [4.69, 9.17) is 4.74 Å². The van der Waals surface area contributed by atoms with Crippen LogP contribution in [0.15, 0.2) is 89.1 Å². The Morgan fingerprint density at radius 3 is 2.47 bits per heavy atom. The second-order valence-corrected chi connectivity index (χ2v) is 8.88. The third-order valence-corrected chi connectivity index (χ3v) is 6.77. The summed E-state index contributed by atoms with van der Waals surface area (Å²) in [6.07, 6.45) is 6.20. The Hall–Kier alpha value is -3.76. The van der Waals surface area contributed by atoms with Crippen LogP contribution in [0.5, 0.6) is 0 Å². The molecule has 2 heterocycles. The number of ether oxygens (including phenoxy) is 1. The molecule has 0 saturated carbocycles. The molecule has 0 amide bonds. The number of benzene rings is 4. The summed E-state index contributed by atoms with van der Waals surface area (Å²) in [4.78, 5) is 0. The van der Waals surface area contributed by atoms with E-state index in [-0.39, 0.29) is 0 Å². The van der Waals surface area contributed by atoms with Crippen LogP contribution in [-0.4, -0.2) is 29.7 Å². The number of aromatic nitrogens is 1. The molecular weight excluding hydrogens is 418 g/mol. The Kier molecular flexibility index (Phi) is 5.44. The number of fused-ring (bicyclic) bond motifs is 4. The van der Waals surface area contributed by atoms with Crippen LogP contribution in [0, 0.1) is 0 Å². The van der Waals surface area contributed by atoms with Gasteiger partial charge in [0.05, 0.1) is 25.1 Å². The van der Waals surface area contributed by atoms with E-state index in [1.54, 1.807) is 0 Å². The molecule has 1 fully saturated rings. The first-order chi connectivity index (χ1) is 16.8. The van der Waals surface area contributed by atoms with Gasteiger partial charge in [-0.25, -0.2) is 0 Å². The normalized spacial score (nSPS) is 16.0. The summed E-state index contributed by atoms with van der Waals surface area (Å²) in [7, 11) is 0. The van der Waals surface area contributed by atoms with Gasteiger partial charge in [-0.1, -0.05) is 60.7 Å². The molecule has 0 aliphatic carbocycles. The van der Waals surface area contributed by atoms with Gasteiger partial charge >= 0.3 is 0 Å². The van der Waals surface area contributed by atoms with E-state index in [1.165, 1.54) is 38.1 Å². The molecule has 1 aromatic heterocycles. The maximum absolute atomic E-state index is 5.41. The average molecular weight is 446 g/mol. The topological polar surface area (TPSA) is 42.2 Å². The first kappa shape index (κ1) is 20.8. The lowest BCUT2D eigenvalue weighted by Crippen LogP contribution is -1.98. The van der Waals surface area contributed by atoms with Crippen LogP contribution >= 0.6 is 0 Å². The van der Waals surface area contributed by atoms with E-state index in [1.807, 2.05) is 12.4 Å². The minimum absolute atomic E-state index is 0.419. The summed E-state index contributed by atoms with van der Waals surface area (Å²) in [5.41, 5.74) is 6.02. The fourth-order valence-electron chi connectivity index (χ4n) is 4.95. The molecule has 6 rings (SSSR count). The molecular formula is C30H27N3O. The minimum Gasteiger partial charge on any atom is -0.373 e. The van der Waals surface area contributed by atoms with Crippen molar-refractivity contribution < 1.29 is 4.74 Å². The first-order valence-corrected chi connectivity index (χ1v) is 12.0. The third-order valence-electron chi connectivity index (χ3n) is 6.77. The maximum atomic E-state index is 5.41. The molecule has 4 heteroatoms. The van der Waals surface area contributed by atoms with Gasteiger partial charge in [0.15, 0.2) is 0 Å². The van der Waals surface area contributed by atoms with Crippen LogP contribution in [-0.2, 0) is 17.7 Å². The van der Waals surface area contributed by atoms with Crippen LogP contribution in [0.2, 0.25) is 0 Å². The number of nitrogens with zero attached hydrogens (tertiary/aromatic N) is 3. The number of rotatable bonds is 7. The van der Waals surface area contributed by atoms with Crippen molar-refractivity contribution in [2.45, 2.75) is 32.4 Å². The largest absolute Gasteiger partial charge is 0.373 e. The zero-order valence-corrected chi connectivity index (χ0v) is 19.3. The highest BCUT2D eigenvalue weighted by Crippen LogP contribution is 2.29. The Labute approximate surface area is 199 Å². The van der Waals surface area contributed by atoms with E-state index < -0.39 is 0 Å². The van der Waals surface area contributed by atoms with E-state index in [0.717, 1.165) is 37.1 Å². The van der Waals surface area contributed by atoms with Crippen molar-refractivity contribution in [1.29, 1.82) is 0 Å². The first-order valence-electron chi connectivity index (χ1n) is 12.0. The molecule has 0 radical (unpaired) electrons. The van der Waals surface area contributed by atoms with Gasteiger partial charge < -0.3 is 9.30 Å². The van der Waals surface area contributed by atoms with Crippen LogP contribution in [0.4, 0.5) is 0 Å². The van der Waals surface area contributed by atoms with Crippen molar-refractivity contribution in [1.82, 2.24) is 4.57 Å². The second-order valence-electron chi connectivity index (χ2n) is 8.88. The van der Waals surface area contributed by atoms with Gasteiger partial charge in [-0.3, -0.25) is 0 Å². The second kappa shape index (κ2) is 8.88. The Morgan fingerprint density at radius 1 is 0.853 bits per heavy atom. The van der Waals surface area contributed by atoms with Gasteiger partial charge in [-0.2, -0.15) is 10.2 Å². The lowest BCUT2D eigenvalue weighted by molar-refractivity contribution is 0.397. The van der Waals surface area contributed by atoms with Crippen LogP contribution < -0.4 is 0 Å². The minimum atomic E-state index is 0.419. The Balaban J connectivity index is 1.31. The van der Waals surface area contributed by atoms with Crippen LogP contribution in [0.25, 0.3) is 32.6 Å². The molecule has 0 N–H and O–H groups in total. The molecule has 4 aromatic carbocycles. The average Bonchev–Trinajstić information content (AvgIpc) is 3.66. The van der Waals surface area contributed by atoms with Crippen LogP contribution in [0.1, 0.15) is 30.0 Å². The fraction of sp³-hybridized carbons (Fsp3) is 0.200. The molecule has 168 valence electrons. The molecule has 1 saturated heterocycles. The van der Waals surface area contributed by atoms with E-state index in [2.05, 4.69) is 101 Å². The number of hydrogen-bond donors (Lipinski definition) is 0. The zero-order chi connectivity index (χ0) is 22.9. The number of para-hydroxylation sites is 1. The van der Waals surface area contributed by atoms with E-state index >= 15 is 0 Å². The van der Waals surface area contributed by atoms with E-state index in [9.17, 15) is 0 Å². The molecule has 1 aliphatic heterocycles. The predicted molar refractivity (Wildman–Crippen MR) is 142 cm³/mol. The molecule has 4 nitrogen and oxygen atoms in total. The van der Waals surface area contributed by atoms with Crippen molar-refractivity contribution in [2.24, 2.45) is 10.2 Å². The summed E-state index contributed by atoms with van der Waals surface area (Å²) in [5.74, 6) is 0. The summed E-state index contributed by atoms with van der Waals surface area (Å²) < 4.78 is 7.77. The Bertz CT molecular complexity index is 1560. The molecule has 1 atom stereocenters.